The van der Waals surface area contributed by atoms with E-state index in [1.54, 1.807) is 0 Å². The number of halogens is 1. The van der Waals surface area contributed by atoms with Crippen LogP contribution in [0.5, 0.6) is 0 Å². The van der Waals surface area contributed by atoms with Crippen molar-refractivity contribution < 1.29 is 14.3 Å². The molecule has 2 aliphatic heterocycles. The molecule has 0 N–H and O–H groups in total. The molecule has 0 aromatic rings. The first kappa shape index (κ1) is 13.3. The van der Waals surface area contributed by atoms with Gasteiger partial charge in [-0.15, -0.1) is 0 Å². The Hall–Kier alpha value is -0.130. The van der Waals surface area contributed by atoms with Crippen LogP contribution in [0.15, 0.2) is 0 Å². The lowest BCUT2D eigenvalue weighted by Gasteiger charge is -2.38. The predicted molar refractivity (Wildman–Crippen MR) is 68.3 cm³/mol. The van der Waals surface area contributed by atoms with Gasteiger partial charge in [0.05, 0.1) is 24.9 Å². The monoisotopic (exact) mass is 305 g/mol. The summed E-state index contributed by atoms with van der Waals surface area (Å²) in [5.41, 5.74) is 0. The number of nitrogens with zero attached hydrogens (tertiary/aromatic N) is 1. The molecular weight excluding hydrogens is 286 g/mol. The first-order valence-corrected chi connectivity index (χ1v) is 7.37. The number of hydrogen-bond acceptors (Lipinski definition) is 3. The first-order chi connectivity index (χ1) is 8.11. The van der Waals surface area contributed by atoms with E-state index in [1.807, 2.05) is 18.7 Å². The van der Waals surface area contributed by atoms with E-state index in [-0.39, 0.29) is 30.3 Å². The van der Waals surface area contributed by atoms with Crippen LogP contribution in [0.25, 0.3) is 0 Å². The normalized spacial score (nSPS) is 38.4. The lowest BCUT2D eigenvalue weighted by molar-refractivity contribution is -0.154. The van der Waals surface area contributed by atoms with E-state index in [1.165, 1.54) is 0 Å². The van der Waals surface area contributed by atoms with Gasteiger partial charge in [-0.3, -0.25) is 4.79 Å². The van der Waals surface area contributed by atoms with E-state index < -0.39 is 0 Å². The molecule has 0 aromatic carbocycles. The van der Waals surface area contributed by atoms with Crippen LogP contribution in [0, 0.1) is 0 Å². The smallest absolute Gasteiger partial charge is 0.252 e. The number of alkyl halides is 1. The summed E-state index contributed by atoms with van der Waals surface area (Å²) < 4.78 is 11.3. The van der Waals surface area contributed by atoms with E-state index in [0.29, 0.717) is 13.2 Å². The molecule has 1 amide bonds. The van der Waals surface area contributed by atoms with Crippen LogP contribution >= 0.6 is 15.9 Å². The summed E-state index contributed by atoms with van der Waals surface area (Å²) in [4.78, 5) is 14.3. The Morgan fingerprint density at radius 1 is 1.41 bits per heavy atom. The summed E-state index contributed by atoms with van der Waals surface area (Å²) in [6.07, 6.45) is 1.92. The van der Waals surface area contributed by atoms with Crippen molar-refractivity contribution in [3.63, 3.8) is 0 Å². The summed E-state index contributed by atoms with van der Waals surface area (Å²) in [6, 6.07) is 0.150. The minimum atomic E-state index is -0.235. The number of hydrogen-bond donors (Lipinski definition) is 0. The number of amides is 1. The van der Waals surface area contributed by atoms with Crippen LogP contribution in [0.2, 0.25) is 0 Å². The summed E-state index contributed by atoms with van der Waals surface area (Å²) in [7, 11) is 0. The Bertz CT molecular complexity index is 287. The van der Waals surface area contributed by atoms with Gasteiger partial charge in [-0.1, -0.05) is 15.9 Å². The van der Waals surface area contributed by atoms with Crippen molar-refractivity contribution >= 4 is 21.8 Å². The zero-order valence-electron chi connectivity index (χ0n) is 10.4. The summed E-state index contributed by atoms with van der Waals surface area (Å²) in [5.74, 6) is 0.135. The van der Waals surface area contributed by atoms with Gasteiger partial charge in [-0.2, -0.15) is 0 Å². The third-order valence-electron chi connectivity index (χ3n) is 3.47. The zero-order valence-corrected chi connectivity index (χ0v) is 12.0. The van der Waals surface area contributed by atoms with Crippen molar-refractivity contribution in [3.8, 4) is 0 Å². The second kappa shape index (κ2) is 5.67. The number of ether oxygens (including phenoxy) is 2. The molecule has 4 unspecified atom stereocenters. The van der Waals surface area contributed by atoms with Crippen molar-refractivity contribution in [2.75, 3.05) is 18.5 Å². The fourth-order valence-electron chi connectivity index (χ4n) is 2.39. The van der Waals surface area contributed by atoms with Gasteiger partial charge in [-0.25, -0.2) is 0 Å². The Balaban J connectivity index is 1.97. The summed E-state index contributed by atoms with van der Waals surface area (Å²) in [6.45, 7) is 5.34. The molecule has 2 saturated heterocycles. The molecule has 4 nitrogen and oxygen atoms in total. The van der Waals surface area contributed by atoms with E-state index >= 15 is 0 Å². The van der Waals surface area contributed by atoms with Crippen molar-refractivity contribution in [2.45, 2.75) is 51.0 Å². The number of rotatable bonds is 2. The fourth-order valence-corrected chi connectivity index (χ4v) is 2.78. The van der Waals surface area contributed by atoms with Crippen LogP contribution in [0.4, 0.5) is 0 Å². The highest BCUT2D eigenvalue weighted by Gasteiger charge is 2.36. The molecule has 2 fully saturated rings. The second-order valence-corrected chi connectivity index (χ2v) is 5.61. The molecule has 5 heteroatoms. The molecule has 0 saturated carbocycles. The van der Waals surface area contributed by atoms with Crippen molar-refractivity contribution in [3.05, 3.63) is 0 Å². The Morgan fingerprint density at radius 2 is 2.18 bits per heavy atom. The van der Waals surface area contributed by atoms with Crippen molar-refractivity contribution in [2.24, 2.45) is 0 Å². The molecular formula is C12H20BrNO3. The van der Waals surface area contributed by atoms with Crippen molar-refractivity contribution in [1.29, 1.82) is 0 Å². The number of carbonyl (C=O) groups is 1. The molecule has 0 radical (unpaired) electrons. The van der Waals surface area contributed by atoms with Crippen LogP contribution < -0.4 is 0 Å². The summed E-state index contributed by atoms with van der Waals surface area (Å²) in [5, 5.41) is 0.769. The molecule has 2 aliphatic rings. The van der Waals surface area contributed by atoms with Gasteiger partial charge in [0.2, 0.25) is 0 Å². The van der Waals surface area contributed by atoms with Crippen molar-refractivity contribution in [1.82, 2.24) is 4.90 Å². The third-order valence-corrected chi connectivity index (χ3v) is 4.19. The molecule has 98 valence electrons. The third kappa shape index (κ3) is 3.01. The van der Waals surface area contributed by atoms with Gasteiger partial charge in [0.25, 0.3) is 5.91 Å². The Labute approximate surface area is 111 Å². The fraction of sp³-hybridized carbons (Fsp3) is 0.917. The Morgan fingerprint density at radius 3 is 2.76 bits per heavy atom. The van der Waals surface area contributed by atoms with Crippen LogP contribution in [0.3, 0.4) is 0 Å². The maximum Gasteiger partial charge on any atom is 0.252 e. The van der Waals surface area contributed by atoms with Gasteiger partial charge in [0, 0.05) is 11.9 Å². The molecule has 0 aromatic heterocycles. The van der Waals surface area contributed by atoms with Gasteiger partial charge in [0.15, 0.2) is 0 Å². The minimum Gasteiger partial charge on any atom is -0.373 e. The molecule has 2 rings (SSSR count). The van der Waals surface area contributed by atoms with E-state index in [9.17, 15) is 4.79 Å². The van der Waals surface area contributed by atoms with Crippen LogP contribution in [-0.4, -0.2) is 53.6 Å². The highest BCUT2D eigenvalue weighted by Crippen LogP contribution is 2.23. The molecule has 2 heterocycles. The standard InChI is InChI=1S/C12H20BrNO3/c1-8-7-16-10(5-13)6-14(8)12(15)11-4-3-9(2)17-11/h8-11H,3-7H2,1-2H3. The topological polar surface area (TPSA) is 38.8 Å². The van der Waals surface area contributed by atoms with Gasteiger partial charge < -0.3 is 14.4 Å². The molecule has 4 atom stereocenters. The van der Waals surface area contributed by atoms with Crippen LogP contribution in [0.1, 0.15) is 26.7 Å². The number of morpholine rings is 1. The van der Waals surface area contributed by atoms with Gasteiger partial charge >= 0.3 is 0 Å². The van der Waals surface area contributed by atoms with Crippen LogP contribution in [-0.2, 0) is 14.3 Å². The van der Waals surface area contributed by atoms with E-state index in [0.717, 1.165) is 18.2 Å². The molecule has 0 aliphatic carbocycles. The highest BCUT2D eigenvalue weighted by atomic mass is 79.9. The lowest BCUT2D eigenvalue weighted by Crippen LogP contribution is -2.54. The Kier molecular flexibility index (Phi) is 4.44. The van der Waals surface area contributed by atoms with Gasteiger partial charge in [-0.05, 0) is 26.7 Å². The zero-order chi connectivity index (χ0) is 12.4. The summed E-state index contributed by atoms with van der Waals surface area (Å²) >= 11 is 3.41. The maximum atomic E-state index is 12.3. The average Bonchev–Trinajstić information content (AvgIpc) is 2.76. The SMILES string of the molecule is CC1CCC(C(=O)N2CC(CBr)OCC2C)O1. The van der Waals surface area contributed by atoms with Gasteiger partial charge in [0.1, 0.15) is 6.10 Å². The average molecular weight is 306 g/mol. The first-order valence-electron chi connectivity index (χ1n) is 6.25. The molecule has 17 heavy (non-hydrogen) atoms. The predicted octanol–water partition coefficient (Wildman–Crippen LogP) is 1.56. The maximum absolute atomic E-state index is 12.3. The second-order valence-electron chi connectivity index (χ2n) is 4.96. The van der Waals surface area contributed by atoms with E-state index in [2.05, 4.69) is 15.9 Å². The minimum absolute atomic E-state index is 0.106. The largest absolute Gasteiger partial charge is 0.373 e. The number of carbonyl (C=O) groups excluding carboxylic acids is 1. The highest BCUT2D eigenvalue weighted by molar-refractivity contribution is 9.09. The molecule has 0 spiro atoms. The van der Waals surface area contributed by atoms with E-state index in [4.69, 9.17) is 9.47 Å². The lowest BCUT2D eigenvalue weighted by atomic mass is 10.1. The quantitative estimate of drug-likeness (QED) is 0.727. The molecule has 0 bridgehead atoms.